The normalized spacial score (nSPS) is 10.8. The van der Waals surface area contributed by atoms with Crippen molar-refractivity contribution in [3.8, 4) is 0 Å². The Morgan fingerprint density at radius 3 is 0.950 bits per heavy atom. The molecule has 0 aliphatic rings. The molecule has 0 radical (unpaired) electrons. The largest absolute Gasteiger partial charge is 0.525 e. The van der Waals surface area contributed by atoms with Gasteiger partial charge >= 0.3 is 23.3 Å². The van der Waals surface area contributed by atoms with E-state index in [9.17, 15) is 19.2 Å². The van der Waals surface area contributed by atoms with Crippen molar-refractivity contribution in [3.05, 3.63) is 42.5 Å². The van der Waals surface area contributed by atoms with Gasteiger partial charge in [-0.2, -0.15) is 9.97 Å². The van der Waals surface area contributed by atoms with E-state index in [1.54, 1.807) is 0 Å². The van der Waals surface area contributed by atoms with Crippen LogP contribution in [0.2, 0.25) is 0 Å². The summed E-state index contributed by atoms with van der Waals surface area (Å²) < 4.78 is 25.7. The van der Waals surface area contributed by atoms with Crippen LogP contribution >= 0.6 is 0 Å². The topological polar surface area (TPSA) is 173 Å². The summed E-state index contributed by atoms with van der Waals surface area (Å²) >= 11 is 0. The lowest BCUT2D eigenvalue weighted by Crippen LogP contribution is -2.01. The molecule has 0 aliphatic heterocycles. The SMILES string of the molecule is O=c1oc(=O)oc2nc3oc(=O)oc(=O)oc3nc2o1. The maximum absolute atomic E-state index is 11.0. The summed E-state index contributed by atoms with van der Waals surface area (Å²) in [5.74, 6) is -5.74. The molecule has 3 heterocycles. The summed E-state index contributed by atoms with van der Waals surface area (Å²) in [6.07, 6.45) is 0. The van der Waals surface area contributed by atoms with Gasteiger partial charge in [-0.3, -0.25) is 0 Å². The predicted molar refractivity (Wildman–Crippen MR) is 53.3 cm³/mol. The number of rotatable bonds is 0. The van der Waals surface area contributed by atoms with Gasteiger partial charge < -0.3 is 26.5 Å². The van der Waals surface area contributed by atoms with Crippen LogP contribution in [0, 0.1) is 0 Å². The van der Waals surface area contributed by atoms with Crippen LogP contribution in [0.1, 0.15) is 0 Å². The second-order valence-electron chi connectivity index (χ2n) is 3.06. The fourth-order valence-corrected chi connectivity index (χ4v) is 1.18. The molecule has 0 aliphatic carbocycles. The second-order valence-corrected chi connectivity index (χ2v) is 3.06. The van der Waals surface area contributed by atoms with Crippen LogP contribution in [0.4, 0.5) is 0 Å². The molecule has 0 bridgehead atoms. The molecular weight excluding hydrogens is 284 g/mol. The van der Waals surface area contributed by atoms with Crippen LogP contribution in [0.25, 0.3) is 22.9 Å². The van der Waals surface area contributed by atoms with E-state index < -0.39 is 46.1 Å². The predicted octanol–water partition coefficient (Wildman–Crippen LogP) is -1.09. The van der Waals surface area contributed by atoms with Gasteiger partial charge in [-0.1, -0.05) is 0 Å². The van der Waals surface area contributed by atoms with E-state index in [1.165, 1.54) is 0 Å². The van der Waals surface area contributed by atoms with E-state index in [0.717, 1.165) is 0 Å². The third-order valence-electron chi connectivity index (χ3n) is 1.83. The molecule has 0 saturated carbocycles. The first-order valence-electron chi connectivity index (χ1n) is 4.66. The van der Waals surface area contributed by atoms with Crippen molar-refractivity contribution in [2.45, 2.75) is 0 Å². The Balaban J connectivity index is 2.64. The van der Waals surface area contributed by atoms with Crippen LogP contribution in [-0.2, 0) is 0 Å². The van der Waals surface area contributed by atoms with Gasteiger partial charge in [0, 0.05) is 0 Å². The molecule has 0 atom stereocenters. The van der Waals surface area contributed by atoms with Crippen LogP contribution in [-0.4, -0.2) is 9.97 Å². The monoisotopic (exact) mass is 284 g/mol. The van der Waals surface area contributed by atoms with Gasteiger partial charge in [-0.15, -0.1) is 0 Å². The third-order valence-corrected chi connectivity index (χ3v) is 1.83. The van der Waals surface area contributed by atoms with Crippen molar-refractivity contribution >= 4 is 22.9 Å². The van der Waals surface area contributed by atoms with Gasteiger partial charge in [0.1, 0.15) is 0 Å². The first-order chi connectivity index (χ1) is 9.51. The molecule has 0 unspecified atom stereocenters. The molecule has 12 heteroatoms. The van der Waals surface area contributed by atoms with Gasteiger partial charge in [0.2, 0.25) is 0 Å². The standard InChI is InChI=1S/C8N2O10/c11-5-15-1-2(16-6(12)19-5)10-4-3(9-1)17-7(13)20-8(14)18-4. The zero-order valence-electron chi connectivity index (χ0n) is 8.98. The fourth-order valence-electron chi connectivity index (χ4n) is 1.18. The van der Waals surface area contributed by atoms with Gasteiger partial charge in [0.25, 0.3) is 22.9 Å². The highest BCUT2D eigenvalue weighted by atomic mass is 16.6. The van der Waals surface area contributed by atoms with Crippen molar-refractivity contribution in [1.29, 1.82) is 0 Å². The third kappa shape index (κ3) is 2.00. The van der Waals surface area contributed by atoms with Gasteiger partial charge in [0.05, 0.1) is 0 Å². The quantitative estimate of drug-likeness (QED) is 0.488. The Morgan fingerprint density at radius 2 is 0.700 bits per heavy atom. The molecule has 3 aromatic rings. The van der Waals surface area contributed by atoms with E-state index in [0.29, 0.717) is 0 Å². The molecule has 3 rings (SSSR count). The first kappa shape index (κ1) is 11.6. The maximum Gasteiger partial charge on any atom is 0.525 e. The minimum absolute atomic E-state index is 0.634. The molecule has 12 nitrogen and oxygen atoms in total. The molecule has 0 N–H and O–H groups in total. The van der Waals surface area contributed by atoms with Gasteiger partial charge in [-0.05, 0) is 0 Å². The zero-order valence-corrected chi connectivity index (χ0v) is 8.98. The summed E-state index contributed by atoms with van der Waals surface area (Å²) in [6.45, 7) is 0. The lowest BCUT2D eigenvalue weighted by atomic mass is 10.7. The molecule has 3 aromatic heterocycles. The highest BCUT2D eigenvalue weighted by Crippen LogP contribution is 2.09. The number of aromatic nitrogens is 2. The lowest BCUT2D eigenvalue weighted by molar-refractivity contribution is 0.277. The maximum atomic E-state index is 11.0. The average molecular weight is 284 g/mol. The summed E-state index contributed by atoms with van der Waals surface area (Å²) in [6, 6.07) is 0. The highest BCUT2D eigenvalue weighted by Gasteiger charge is 2.11. The molecule has 0 aromatic carbocycles. The van der Waals surface area contributed by atoms with Crippen molar-refractivity contribution in [3.63, 3.8) is 0 Å². The minimum Gasteiger partial charge on any atom is -0.369 e. The molecule has 0 amide bonds. The Morgan fingerprint density at radius 1 is 0.450 bits per heavy atom. The van der Waals surface area contributed by atoms with E-state index >= 15 is 0 Å². The smallest absolute Gasteiger partial charge is 0.369 e. The number of nitrogens with zero attached hydrogens (tertiary/aromatic N) is 2. The molecule has 102 valence electrons. The average Bonchev–Trinajstić information content (AvgIpc) is 2.53. The van der Waals surface area contributed by atoms with Gasteiger partial charge in [0.15, 0.2) is 0 Å². The number of hydrogen-bond acceptors (Lipinski definition) is 12. The zero-order chi connectivity index (χ0) is 14.3. The molecule has 20 heavy (non-hydrogen) atoms. The minimum atomic E-state index is -1.43. The summed E-state index contributed by atoms with van der Waals surface area (Å²) in [7, 11) is 0. The Kier molecular flexibility index (Phi) is 2.35. The van der Waals surface area contributed by atoms with Crippen molar-refractivity contribution < 1.29 is 26.5 Å². The number of hydrogen-bond donors (Lipinski definition) is 0. The van der Waals surface area contributed by atoms with Crippen LogP contribution in [0.15, 0.2) is 45.7 Å². The van der Waals surface area contributed by atoms with Crippen LogP contribution < -0.4 is 23.3 Å². The van der Waals surface area contributed by atoms with Crippen LogP contribution in [0.5, 0.6) is 0 Å². The van der Waals surface area contributed by atoms with Crippen molar-refractivity contribution in [1.82, 2.24) is 9.97 Å². The molecule has 0 fully saturated rings. The van der Waals surface area contributed by atoms with E-state index in [2.05, 4.69) is 36.5 Å². The van der Waals surface area contributed by atoms with Gasteiger partial charge in [-0.25, -0.2) is 19.2 Å². The molecular formula is C8N2O10. The van der Waals surface area contributed by atoms with E-state index in [1.807, 2.05) is 0 Å². The first-order valence-corrected chi connectivity index (χ1v) is 4.66. The fraction of sp³-hybridized carbons (Fsp3) is 0. The number of fused-ring (bicyclic) bond motifs is 2. The lowest BCUT2D eigenvalue weighted by Gasteiger charge is -1.87. The second kappa shape index (κ2) is 4.04. The van der Waals surface area contributed by atoms with Crippen molar-refractivity contribution in [2.24, 2.45) is 0 Å². The summed E-state index contributed by atoms with van der Waals surface area (Å²) in [5, 5.41) is 0. The Hall–Kier alpha value is -3.44. The van der Waals surface area contributed by atoms with E-state index in [-0.39, 0.29) is 0 Å². The van der Waals surface area contributed by atoms with Crippen molar-refractivity contribution in [2.75, 3.05) is 0 Å². The summed E-state index contributed by atoms with van der Waals surface area (Å²) in [5.41, 5.74) is -2.54. The Labute approximate surface area is 103 Å². The highest BCUT2D eigenvalue weighted by molar-refractivity contribution is 5.70. The molecule has 0 saturated heterocycles. The molecule has 0 spiro atoms. The van der Waals surface area contributed by atoms with E-state index in [4.69, 9.17) is 0 Å². The van der Waals surface area contributed by atoms with Crippen LogP contribution in [0.3, 0.4) is 0 Å². The summed E-state index contributed by atoms with van der Waals surface area (Å²) in [4.78, 5) is 50.9. The Bertz CT molecular complexity index is 917.